The number of rotatable bonds is 38. The summed E-state index contributed by atoms with van der Waals surface area (Å²) >= 11 is 0. The molecule has 0 spiro atoms. The number of amides is 4. The van der Waals surface area contributed by atoms with Crippen molar-refractivity contribution < 1.29 is 123 Å². The summed E-state index contributed by atoms with van der Waals surface area (Å²) in [5, 5.41) is 130. The lowest BCUT2D eigenvalue weighted by Gasteiger charge is -2.39. The molecule has 4 amide bonds. The largest absolute Gasteiger partial charge is 0.394 e. The van der Waals surface area contributed by atoms with Crippen LogP contribution in [0.4, 0.5) is 0 Å². The van der Waals surface area contributed by atoms with Gasteiger partial charge in [0, 0.05) is 45.2 Å². The van der Waals surface area contributed by atoms with Crippen LogP contribution >= 0.6 is 0 Å². The first kappa shape index (κ1) is 68.4. The first-order chi connectivity index (χ1) is 37.1. The fourth-order valence-corrected chi connectivity index (χ4v) is 8.40. The normalized spacial score (nSPS) is 29.6. The summed E-state index contributed by atoms with van der Waals surface area (Å²) in [4.78, 5) is 91.4. The Morgan fingerprint density at radius 1 is 0.462 bits per heavy atom. The number of ketones is 3. The van der Waals surface area contributed by atoms with E-state index >= 15 is 0 Å². The molecule has 30 nitrogen and oxygen atoms in total. The first-order valence-corrected chi connectivity index (χ1v) is 26.3. The summed E-state index contributed by atoms with van der Waals surface area (Å²) in [6.07, 6.45) is -20.3. The number of nitrogens with one attached hydrogen (secondary N) is 4. The number of aliphatic hydroxyl groups excluding tert-OH is 12. The Morgan fingerprint density at radius 3 is 1.41 bits per heavy atom. The van der Waals surface area contributed by atoms with E-state index in [1.54, 1.807) is 6.92 Å². The molecule has 0 unspecified atom stereocenters. The summed E-state index contributed by atoms with van der Waals surface area (Å²) in [5.41, 5.74) is 0. The van der Waals surface area contributed by atoms with Gasteiger partial charge in [-0.25, -0.2) is 0 Å². The molecule has 450 valence electrons. The zero-order valence-electron chi connectivity index (χ0n) is 43.8. The van der Waals surface area contributed by atoms with E-state index in [1.807, 2.05) is 0 Å². The van der Waals surface area contributed by atoms with Gasteiger partial charge < -0.3 is 111 Å². The van der Waals surface area contributed by atoms with Crippen molar-refractivity contribution in [2.75, 3.05) is 78.9 Å². The lowest BCUT2D eigenvalue weighted by atomic mass is 9.99. The molecule has 0 bridgehead atoms. The number of nitrogens with zero attached hydrogens (tertiary/aromatic N) is 1. The molecule has 3 fully saturated rings. The van der Waals surface area contributed by atoms with E-state index in [-0.39, 0.29) is 83.1 Å². The highest BCUT2D eigenvalue weighted by Crippen LogP contribution is 2.25. The topological polar surface area (TPSA) is 469 Å². The van der Waals surface area contributed by atoms with Gasteiger partial charge in [-0.2, -0.15) is 0 Å². The predicted molar refractivity (Wildman–Crippen MR) is 263 cm³/mol. The van der Waals surface area contributed by atoms with E-state index in [2.05, 4.69) is 21.3 Å². The monoisotopic (exact) mass is 1130 g/mol. The predicted octanol–water partition coefficient (Wildman–Crippen LogP) is -8.02. The second-order valence-corrected chi connectivity index (χ2v) is 19.3. The van der Waals surface area contributed by atoms with Crippen molar-refractivity contribution in [3.8, 4) is 0 Å². The van der Waals surface area contributed by atoms with Gasteiger partial charge in [0.1, 0.15) is 84.8 Å². The molecule has 16 atom stereocenters. The van der Waals surface area contributed by atoms with Crippen molar-refractivity contribution in [3.05, 3.63) is 0 Å². The molecule has 3 rings (SSSR count). The molecule has 78 heavy (non-hydrogen) atoms. The molecule has 16 N–H and O–H groups in total. The van der Waals surface area contributed by atoms with Gasteiger partial charge in [-0.3, -0.25) is 38.5 Å². The maximum absolute atomic E-state index is 13.5. The Hall–Kier alpha value is -3.87. The molecular weight excluding hydrogens is 1050 g/mol. The van der Waals surface area contributed by atoms with Gasteiger partial charge >= 0.3 is 0 Å². The molecule has 0 aromatic rings. The van der Waals surface area contributed by atoms with Gasteiger partial charge in [-0.15, -0.1) is 0 Å². The van der Waals surface area contributed by atoms with Crippen molar-refractivity contribution in [2.45, 2.75) is 182 Å². The van der Waals surface area contributed by atoms with E-state index in [0.29, 0.717) is 38.5 Å². The minimum atomic E-state index is -1.71. The van der Waals surface area contributed by atoms with Crippen LogP contribution in [0, 0.1) is 0 Å². The fourth-order valence-electron chi connectivity index (χ4n) is 8.40. The Labute approximate surface area is 450 Å². The van der Waals surface area contributed by atoms with Crippen molar-refractivity contribution in [3.63, 3.8) is 0 Å². The van der Waals surface area contributed by atoms with Gasteiger partial charge in [-0.1, -0.05) is 6.92 Å². The van der Waals surface area contributed by atoms with E-state index in [9.17, 15) is 94.8 Å². The average Bonchev–Trinajstić information content (AvgIpc) is 3.42. The van der Waals surface area contributed by atoms with Crippen LogP contribution in [0.25, 0.3) is 0 Å². The van der Waals surface area contributed by atoms with Crippen LogP contribution in [0.2, 0.25) is 0 Å². The zero-order valence-corrected chi connectivity index (χ0v) is 43.8. The van der Waals surface area contributed by atoms with Crippen molar-refractivity contribution in [1.82, 2.24) is 26.2 Å². The standard InChI is InChI=1S/C48H83N5O25/c1-2-26(57)9-3-4-13-33(60)49-14-6-5-11-28(29(59)12-8-17-74-47-44(71)41(68)38(65)31(24-55)77-47)52-34(61)19-51-36(63)22-53(20-27(58)10-7-16-73-46-43(70)40(67)37(64)30(23-54)76-46)21-35(62)50-15-18-75-48-45(72)42(69)39(66)32(25-56)78-48/h28,30-32,37-48,54-56,64-72H,2-25H2,1H3,(H,49,60)(H,50,62)(H,51,63)(H,52,61)/t28-,30+,31+,32+,37+,38+,39+,40-,41-,42-,43-,44-,45-,46-,47-,48-/m0/s1. The molecule has 0 aliphatic carbocycles. The number of hydrogen-bond donors (Lipinski definition) is 16. The summed E-state index contributed by atoms with van der Waals surface area (Å²) in [6.45, 7) is -3.31. The van der Waals surface area contributed by atoms with Gasteiger partial charge in [-0.05, 0) is 44.9 Å². The Kier molecular flexibility index (Phi) is 32.0. The molecule has 0 aromatic heterocycles. The molecule has 0 radical (unpaired) electrons. The summed E-state index contributed by atoms with van der Waals surface area (Å²) in [5.74, 6) is -3.41. The highest BCUT2D eigenvalue weighted by atomic mass is 16.7. The van der Waals surface area contributed by atoms with Crippen LogP contribution in [0.5, 0.6) is 0 Å². The third-order valence-corrected chi connectivity index (χ3v) is 13.0. The number of aliphatic hydroxyl groups is 12. The molecule has 3 aliphatic rings. The smallest absolute Gasteiger partial charge is 0.239 e. The second-order valence-electron chi connectivity index (χ2n) is 19.3. The number of carbonyl (C=O) groups excluding carboxylic acids is 7. The molecule has 3 aliphatic heterocycles. The quantitative estimate of drug-likeness (QED) is 0.0255. The summed E-state index contributed by atoms with van der Waals surface area (Å²) in [6, 6.07) is -1.10. The van der Waals surface area contributed by atoms with Gasteiger partial charge in [0.05, 0.1) is 71.9 Å². The van der Waals surface area contributed by atoms with Crippen LogP contribution < -0.4 is 21.3 Å². The minimum Gasteiger partial charge on any atom is -0.394 e. The van der Waals surface area contributed by atoms with Crippen LogP contribution in [-0.4, -0.2) is 284 Å². The maximum Gasteiger partial charge on any atom is 0.239 e. The zero-order chi connectivity index (χ0) is 57.9. The highest BCUT2D eigenvalue weighted by Gasteiger charge is 2.46. The van der Waals surface area contributed by atoms with Crippen LogP contribution in [0.15, 0.2) is 0 Å². The third-order valence-electron chi connectivity index (χ3n) is 13.0. The van der Waals surface area contributed by atoms with E-state index in [4.69, 9.17) is 28.4 Å². The average molecular weight is 1130 g/mol. The number of Topliss-reactive ketones (excluding diaryl/α,β-unsaturated/α-hetero) is 3. The van der Waals surface area contributed by atoms with Crippen molar-refractivity contribution >= 4 is 41.0 Å². The van der Waals surface area contributed by atoms with E-state index in [0.717, 1.165) is 4.90 Å². The fraction of sp³-hybridized carbons (Fsp3) is 0.854. The van der Waals surface area contributed by atoms with Crippen molar-refractivity contribution in [1.29, 1.82) is 0 Å². The van der Waals surface area contributed by atoms with Crippen LogP contribution in [0.3, 0.4) is 0 Å². The number of ether oxygens (including phenoxy) is 6. The Balaban J connectivity index is 1.59. The summed E-state index contributed by atoms with van der Waals surface area (Å²) in [7, 11) is 0. The maximum atomic E-state index is 13.5. The van der Waals surface area contributed by atoms with Gasteiger partial charge in [0.2, 0.25) is 23.6 Å². The number of hydrogen-bond acceptors (Lipinski definition) is 26. The minimum absolute atomic E-state index is 0.0125. The molecular formula is C48H83N5O25. The Bertz CT molecular complexity index is 1780. The molecule has 0 saturated carbocycles. The Morgan fingerprint density at radius 2 is 0.910 bits per heavy atom. The number of unbranched alkanes of at least 4 members (excludes halogenated alkanes) is 2. The van der Waals surface area contributed by atoms with Crippen molar-refractivity contribution in [2.24, 2.45) is 0 Å². The lowest BCUT2D eigenvalue weighted by Crippen LogP contribution is -2.59. The lowest BCUT2D eigenvalue weighted by molar-refractivity contribution is -0.301. The van der Waals surface area contributed by atoms with Crippen LogP contribution in [0.1, 0.15) is 84.0 Å². The summed E-state index contributed by atoms with van der Waals surface area (Å²) < 4.78 is 32.2. The van der Waals surface area contributed by atoms with E-state index in [1.165, 1.54) is 0 Å². The molecule has 3 saturated heterocycles. The third kappa shape index (κ3) is 23.3. The molecule has 3 heterocycles. The first-order valence-electron chi connectivity index (χ1n) is 26.3. The SMILES string of the molecule is CCC(=O)CCCCC(=O)NCCCC[C@H](NC(=O)CNC(=O)CN(CC(=O)CCCO[C@H]1O[C@H](CO)[C@@H](O)[C@H](O)[C@@H]1O)CC(=O)NCCO[C@H]1O[C@H](CO)[C@@H](O)[C@H](O)[C@@H]1O)C(=O)CCCO[C@H]1O[C@H](CO)[C@@H](O)[C@H](O)[C@@H]1O. The highest BCUT2D eigenvalue weighted by molar-refractivity contribution is 5.91. The van der Waals surface area contributed by atoms with Gasteiger partial charge in [0.15, 0.2) is 24.7 Å². The molecule has 30 heteroatoms. The van der Waals surface area contributed by atoms with Gasteiger partial charge in [0.25, 0.3) is 0 Å². The van der Waals surface area contributed by atoms with Crippen LogP contribution in [-0.2, 0) is 62.0 Å². The second kappa shape index (κ2) is 36.5. The number of carbonyl (C=O) groups is 7. The molecule has 0 aromatic carbocycles. The van der Waals surface area contributed by atoms with E-state index < -0.39 is 173 Å².